The number of H-pyrrole nitrogens is 1. The normalized spacial score (nSPS) is 10.8. The van der Waals surface area contributed by atoms with Gasteiger partial charge >= 0.3 is 0 Å². The first-order chi connectivity index (χ1) is 6.59. The van der Waals surface area contributed by atoms with Gasteiger partial charge in [-0.05, 0) is 30.1 Å². The van der Waals surface area contributed by atoms with Crippen LogP contribution in [0.5, 0.6) is 0 Å². The molecule has 0 aliphatic carbocycles. The van der Waals surface area contributed by atoms with Crippen LogP contribution in [0, 0.1) is 11.7 Å². The van der Waals surface area contributed by atoms with Gasteiger partial charge in [-0.3, -0.25) is 9.78 Å². The zero-order chi connectivity index (χ0) is 10.3. The maximum atomic E-state index is 6.11. The van der Waals surface area contributed by atoms with Crippen LogP contribution in [0.25, 0.3) is 10.7 Å². The molecule has 0 radical (unpaired) electrons. The molecule has 0 bridgehead atoms. The van der Waals surface area contributed by atoms with Gasteiger partial charge in [0.1, 0.15) is 0 Å². The Kier molecular flexibility index (Phi) is 2.47. The van der Waals surface area contributed by atoms with E-state index in [1.165, 1.54) is 0 Å². The van der Waals surface area contributed by atoms with E-state index in [-0.39, 0.29) is 0 Å². The first kappa shape index (κ1) is 9.89. The molecule has 2 aromatic rings. The molecule has 0 atom stereocenters. The van der Waals surface area contributed by atoms with Crippen LogP contribution in [-0.2, 0) is 7.05 Å². The summed E-state index contributed by atoms with van der Waals surface area (Å²) in [7, 11) is 1.83. The van der Waals surface area contributed by atoms with E-state index in [1.54, 1.807) is 16.0 Å². The van der Waals surface area contributed by atoms with Gasteiger partial charge in [0.05, 0.1) is 9.90 Å². The minimum atomic E-state index is 0.530. The lowest BCUT2D eigenvalue weighted by atomic mass is 10.3. The molecule has 14 heavy (non-hydrogen) atoms. The molecule has 0 aromatic carbocycles. The summed E-state index contributed by atoms with van der Waals surface area (Å²) < 4.78 is 2.22. The molecule has 2 aromatic heterocycles. The highest BCUT2D eigenvalue weighted by Gasteiger charge is 2.11. The molecular formula is C8H8ClN3S2. The molecule has 0 unspecified atom stereocenters. The lowest BCUT2D eigenvalue weighted by molar-refractivity contribution is 0.756. The Bertz CT molecular complexity index is 523. The molecule has 0 saturated heterocycles. The third-order valence-corrected chi connectivity index (χ3v) is 3.95. The Morgan fingerprint density at radius 1 is 1.64 bits per heavy atom. The number of hydrogen-bond acceptors (Lipinski definition) is 3. The van der Waals surface area contributed by atoms with E-state index >= 15 is 0 Å². The van der Waals surface area contributed by atoms with Gasteiger partial charge in [-0.25, -0.2) is 0 Å². The van der Waals surface area contributed by atoms with Crippen molar-refractivity contribution in [1.82, 2.24) is 14.8 Å². The monoisotopic (exact) mass is 245 g/mol. The molecule has 6 heteroatoms. The summed E-state index contributed by atoms with van der Waals surface area (Å²) in [6.45, 7) is 1.97. The van der Waals surface area contributed by atoms with Gasteiger partial charge in [-0.15, -0.1) is 11.3 Å². The Morgan fingerprint density at radius 3 is 2.79 bits per heavy atom. The first-order valence-electron chi connectivity index (χ1n) is 3.96. The standard InChI is InChI=1S/C8H8ClN3S2/c1-4-3-14-6(5(4)9)7-10-8(13)12(2)11-7/h3H,1-2H3,(H,10,11,13). The largest absolute Gasteiger partial charge is 0.279 e. The second kappa shape index (κ2) is 3.49. The van der Waals surface area contributed by atoms with Gasteiger partial charge in [-0.1, -0.05) is 11.6 Å². The minimum Gasteiger partial charge on any atom is -0.279 e. The predicted molar refractivity (Wildman–Crippen MR) is 61.5 cm³/mol. The van der Waals surface area contributed by atoms with Crippen molar-refractivity contribution in [3.63, 3.8) is 0 Å². The topological polar surface area (TPSA) is 33.6 Å². The highest BCUT2D eigenvalue weighted by molar-refractivity contribution is 7.71. The number of aromatic amines is 1. The average molecular weight is 246 g/mol. The van der Waals surface area contributed by atoms with Crippen LogP contribution in [0.2, 0.25) is 5.02 Å². The number of hydrogen-bond donors (Lipinski definition) is 1. The van der Waals surface area contributed by atoms with Crippen molar-refractivity contribution in [2.24, 2.45) is 7.05 Å². The number of halogens is 1. The van der Waals surface area contributed by atoms with Gasteiger partial charge in [0.25, 0.3) is 0 Å². The summed E-state index contributed by atoms with van der Waals surface area (Å²) in [6.07, 6.45) is 0. The van der Waals surface area contributed by atoms with E-state index in [0.717, 1.165) is 21.3 Å². The van der Waals surface area contributed by atoms with E-state index in [9.17, 15) is 0 Å². The fourth-order valence-corrected chi connectivity index (χ4v) is 2.45. The summed E-state index contributed by atoms with van der Waals surface area (Å²) in [5.74, 6) is 0.737. The van der Waals surface area contributed by atoms with Crippen molar-refractivity contribution < 1.29 is 0 Å². The van der Waals surface area contributed by atoms with Crippen molar-refractivity contribution in [1.29, 1.82) is 0 Å². The first-order valence-corrected chi connectivity index (χ1v) is 5.63. The third kappa shape index (κ3) is 1.51. The quantitative estimate of drug-likeness (QED) is 0.783. The maximum absolute atomic E-state index is 6.11. The van der Waals surface area contributed by atoms with Gasteiger partial charge in [0, 0.05) is 7.05 Å². The van der Waals surface area contributed by atoms with Gasteiger partial charge in [0.2, 0.25) is 4.77 Å². The average Bonchev–Trinajstić information content (AvgIpc) is 2.61. The van der Waals surface area contributed by atoms with Crippen LogP contribution in [0.3, 0.4) is 0 Å². The molecule has 2 rings (SSSR count). The Hall–Kier alpha value is -0.650. The molecule has 74 valence electrons. The predicted octanol–water partition coefficient (Wildman–Crippen LogP) is 3.17. The number of thiophene rings is 1. The lowest BCUT2D eigenvalue weighted by Crippen LogP contribution is -1.88. The van der Waals surface area contributed by atoms with Crippen molar-refractivity contribution >= 4 is 35.2 Å². The fourth-order valence-electron chi connectivity index (χ4n) is 1.09. The maximum Gasteiger partial charge on any atom is 0.216 e. The Labute approximate surface area is 95.3 Å². The molecule has 0 saturated carbocycles. The van der Waals surface area contributed by atoms with Crippen molar-refractivity contribution in [2.45, 2.75) is 6.92 Å². The summed E-state index contributed by atoms with van der Waals surface area (Å²) in [6, 6.07) is 0. The minimum absolute atomic E-state index is 0.530. The van der Waals surface area contributed by atoms with Crippen LogP contribution in [0.4, 0.5) is 0 Å². The Balaban J connectivity index is 2.60. The van der Waals surface area contributed by atoms with E-state index in [0.29, 0.717) is 4.77 Å². The van der Waals surface area contributed by atoms with Gasteiger partial charge < -0.3 is 0 Å². The molecule has 2 heterocycles. The smallest absolute Gasteiger partial charge is 0.216 e. The Morgan fingerprint density at radius 2 is 2.36 bits per heavy atom. The molecule has 1 N–H and O–H groups in total. The number of nitrogens with one attached hydrogen (secondary N) is 1. The number of rotatable bonds is 1. The summed E-state index contributed by atoms with van der Waals surface area (Å²) >= 11 is 12.7. The number of nitrogens with zero attached hydrogens (tertiary/aromatic N) is 2. The molecule has 3 nitrogen and oxygen atoms in total. The van der Waals surface area contributed by atoms with E-state index in [4.69, 9.17) is 23.8 Å². The van der Waals surface area contributed by atoms with Crippen molar-refractivity contribution in [3.8, 4) is 10.7 Å². The van der Waals surface area contributed by atoms with Crippen LogP contribution >= 0.6 is 35.2 Å². The van der Waals surface area contributed by atoms with Crippen molar-refractivity contribution in [2.75, 3.05) is 0 Å². The number of aryl methyl sites for hydroxylation is 2. The third-order valence-electron chi connectivity index (χ3n) is 1.88. The second-order valence-corrected chi connectivity index (χ2v) is 4.60. The molecule has 0 amide bonds. The summed E-state index contributed by atoms with van der Waals surface area (Å²) in [5, 5.41) is 5.79. The van der Waals surface area contributed by atoms with E-state index < -0.39 is 0 Å². The summed E-state index contributed by atoms with van der Waals surface area (Å²) in [4.78, 5) is 5.14. The summed E-state index contributed by atoms with van der Waals surface area (Å²) in [5.41, 5.74) is 1.07. The second-order valence-electron chi connectivity index (χ2n) is 2.98. The zero-order valence-electron chi connectivity index (χ0n) is 7.67. The lowest BCUT2D eigenvalue weighted by Gasteiger charge is -1.92. The van der Waals surface area contributed by atoms with Crippen molar-refractivity contribution in [3.05, 3.63) is 20.7 Å². The molecule has 0 aliphatic rings. The molecule has 0 spiro atoms. The highest BCUT2D eigenvalue weighted by Crippen LogP contribution is 2.34. The number of aromatic nitrogens is 3. The molecule has 0 fully saturated rings. The highest BCUT2D eigenvalue weighted by atomic mass is 35.5. The van der Waals surface area contributed by atoms with Crippen LogP contribution in [0.1, 0.15) is 5.56 Å². The zero-order valence-corrected chi connectivity index (χ0v) is 10.1. The van der Waals surface area contributed by atoms with Crippen LogP contribution in [0.15, 0.2) is 5.38 Å². The van der Waals surface area contributed by atoms with Gasteiger partial charge in [0.15, 0.2) is 5.82 Å². The molecule has 0 aliphatic heterocycles. The van der Waals surface area contributed by atoms with E-state index in [2.05, 4.69) is 10.1 Å². The van der Waals surface area contributed by atoms with Crippen LogP contribution < -0.4 is 0 Å². The SMILES string of the molecule is Cc1csc(-c2nc(=S)n(C)[nH]2)c1Cl. The van der Waals surface area contributed by atoms with E-state index in [1.807, 2.05) is 19.4 Å². The molecular weight excluding hydrogens is 238 g/mol. The fraction of sp³-hybridized carbons (Fsp3) is 0.250. The van der Waals surface area contributed by atoms with Gasteiger partial charge in [-0.2, -0.15) is 4.98 Å². The van der Waals surface area contributed by atoms with Crippen LogP contribution in [-0.4, -0.2) is 14.8 Å².